The molecule has 0 saturated carbocycles. The molecule has 0 bridgehead atoms. The number of likely N-dealkylation sites (tertiary alicyclic amines) is 1. The molecule has 0 aliphatic carbocycles. The summed E-state index contributed by atoms with van der Waals surface area (Å²) in [5.74, 6) is 0.650. The molecule has 0 radical (unpaired) electrons. The monoisotopic (exact) mass is 365 g/mol. The highest BCUT2D eigenvalue weighted by Crippen LogP contribution is 2.28. The van der Waals surface area contributed by atoms with Gasteiger partial charge in [0.15, 0.2) is 0 Å². The van der Waals surface area contributed by atoms with E-state index in [-0.39, 0.29) is 22.9 Å². The Bertz CT molecular complexity index is 600. The summed E-state index contributed by atoms with van der Waals surface area (Å²) in [4.78, 5) is 28.1. The Morgan fingerprint density at radius 2 is 1.84 bits per heavy atom. The molecule has 138 valence electrons. The van der Waals surface area contributed by atoms with Crippen LogP contribution in [0.3, 0.4) is 0 Å². The highest BCUT2D eigenvalue weighted by Gasteiger charge is 2.29. The fourth-order valence-electron chi connectivity index (χ4n) is 3.22. The van der Waals surface area contributed by atoms with E-state index in [0.29, 0.717) is 5.92 Å². The molecule has 2 atom stereocenters. The lowest BCUT2D eigenvalue weighted by atomic mass is 9.89. The lowest BCUT2D eigenvalue weighted by Crippen LogP contribution is -2.46. The molecule has 7 heteroatoms. The van der Waals surface area contributed by atoms with Gasteiger partial charge >= 0.3 is 0 Å². The maximum absolute atomic E-state index is 12.8. The third-order valence-corrected chi connectivity index (χ3v) is 6.21. The van der Waals surface area contributed by atoms with Crippen molar-refractivity contribution in [2.45, 2.75) is 42.9 Å². The van der Waals surface area contributed by atoms with Crippen LogP contribution in [-0.2, 0) is 4.79 Å². The number of amides is 1. The molecule has 1 aromatic rings. The molecule has 1 saturated heterocycles. The summed E-state index contributed by atoms with van der Waals surface area (Å²) in [6.45, 7) is 6.21. The molecular weight excluding hydrogens is 338 g/mol. The van der Waals surface area contributed by atoms with Crippen molar-refractivity contribution in [3.8, 4) is 0 Å². The van der Waals surface area contributed by atoms with Gasteiger partial charge in [-0.3, -0.25) is 14.9 Å². The van der Waals surface area contributed by atoms with Gasteiger partial charge in [-0.2, -0.15) is 0 Å². The van der Waals surface area contributed by atoms with Gasteiger partial charge < -0.3 is 9.80 Å². The number of nitrogens with zero attached hydrogens (tertiary/aromatic N) is 3. The summed E-state index contributed by atoms with van der Waals surface area (Å²) in [7, 11) is 4.02. The second-order valence-electron chi connectivity index (χ2n) is 6.84. The number of carbonyl (C=O) groups excluding carboxylic acids is 1. The first kappa shape index (κ1) is 19.7. The van der Waals surface area contributed by atoms with Gasteiger partial charge in [0.25, 0.3) is 5.69 Å². The molecule has 1 aliphatic rings. The molecule has 0 unspecified atom stereocenters. The number of hydrogen-bond acceptors (Lipinski definition) is 5. The van der Waals surface area contributed by atoms with E-state index in [1.807, 2.05) is 18.9 Å². The second-order valence-corrected chi connectivity index (χ2v) is 8.26. The van der Waals surface area contributed by atoms with Crippen LogP contribution in [0.15, 0.2) is 29.2 Å². The van der Waals surface area contributed by atoms with Crippen LogP contribution in [0.2, 0.25) is 0 Å². The van der Waals surface area contributed by atoms with Crippen molar-refractivity contribution < 1.29 is 9.72 Å². The van der Waals surface area contributed by atoms with Crippen molar-refractivity contribution in [3.63, 3.8) is 0 Å². The number of thioether (sulfide) groups is 1. The minimum atomic E-state index is -0.417. The summed E-state index contributed by atoms with van der Waals surface area (Å²) >= 11 is 1.44. The number of hydrogen-bond donors (Lipinski definition) is 0. The van der Waals surface area contributed by atoms with E-state index < -0.39 is 4.92 Å². The van der Waals surface area contributed by atoms with Crippen LogP contribution in [0.1, 0.15) is 26.7 Å². The minimum absolute atomic E-state index is 0.0661. The van der Waals surface area contributed by atoms with Crippen molar-refractivity contribution >= 4 is 23.4 Å². The first-order valence-corrected chi connectivity index (χ1v) is 9.54. The normalized spacial score (nSPS) is 18.6. The molecule has 0 spiro atoms. The maximum Gasteiger partial charge on any atom is 0.269 e. The van der Waals surface area contributed by atoms with Gasteiger partial charge in [0.2, 0.25) is 5.91 Å². The SMILES string of the molecule is C[C@H](Sc1ccc([N+](=O)[O-])cc1)C(=O)N(C)[C@@H](C)C1CCN(C)CC1. The number of benzene rings is 1. The van der Waals surface area contributed by atoms with Crippen LogP contribution in [0.5, 0.6) is 0 Å². The third-order valence-electron chi connectivity index (χ3n) is 5.11. The fraction of sp³-hybridized carbons (Fsp3) is 0.611. The van der Waals surface area contributed by atoms with Crippen LogP contribution < -0.4 is 0 Å². The van der Waals surface area contributed by atoms with E-state index in [1.54, 1.807) is 12.1 Å². The van der Waals surface area contributed by atoms with Crippen molar-refractivity contribution in [3.05, 3.63) is 34.4 Å². The predicted molar refractivity (Wildman–Crippen MR) is 101 cm³/mol. The van der Waals surface area contributed by atoms with Crippen LogP contribution in [0.4, 0.5) is 5.69 Å². The first-order chi connectivity index (χ1) is 11.8. The molecule has 6 nitrogen and oxygen atoms in total. The zero-order chi connectivity index (χ0) is 18.6. The zero-order valence-electron chi connectivity index (χ0n) is 15.3. The van der Waals surface area contributed by atoms with Crippen molar-refractivity contribution in [1.29, 1.82) is 0 Å². The zero-order valence-corrected chi connectivity index (χ0v) is 16.2. The topological polar surface area (TPSA) is 66.7 Å². The van der Waals surface area contributed by atoms with E-state index in [4.69, 9.17) is 0 Å². The highest BCUT2D eigenvalue weighted by molar-refractivity contribution is 8.00. The molecular formula is C18H27N3O3S. The number of carbonyl (C=O) groups is 1. The fourth-order valence-corrected chi connectivity index (χ4v) is 4.18. The number of piperidine rings is 1. The Balaban J connectivity index is 1.92. The van der Waals surface area contributed by atoms with E-state index in [2.05, 4.69) is 18.9 Å². The molecule has 2 rings (SSSR count). The molecule has 1 aliphatic heterocycles. The number of nitro benzene ring substituents is 1. The largest absolute Gasteiger partial charge is 0.342 e. The average molecular weight is 365 g/mol. The maximum atomic E-state index is 12.8. The van der Waals surface area contributed by atoms with Gasteiger partial charge in [-0.05, 0) is 64.9 Å². The molecule has 1 amide bonds. The predicted octanol–water partition coefficient (Wildman–Crippen LogP) is 3.26. The molecule has 1 heterocycles. The van der Waals surface area contributed by atoms with Crippen molar-refractivity contribution in [2.24, 2.45) is 5.92 Å². The number of nitro groups is 1. The Morgan fingerprint density at radius 1 is 1.28 bits per heavy atom. The Hall–Kier alpha value is -1.60. The molecule has 1 aromatic carbocycles. The van der Waals surface area contributed by atoms with Gasteiger partial charge in [-0.25, -0.2) is 0 Å². The second kappa shape index (κ2) is 8.67. The van der Waals surface area contributed by atoms with Gasteiger partial charge in [0, 0.05) is 30.1 Å². The molecule has 1 fully saturated rings. The summed E-state index contributed by atoms with van der Waals surface area (Å²) < 4.78 is 0. The summed E-state index contributed by atoms with van der Waals surface area (Å²) in [5, 5.41) is 10.5. The standard InChI is InChI=1S/C18H27N3O3S/c1-13(15-9-11-19(3)12-10-15)20(4)18(22)14(2)25-17-7-5-16(6-8-17)21(23)24/h5-8,13-15H,9-12H2,1-4H3/t13-,14-/m0/s1. The van der Waals surface area contributed by atoms with E-state index in [9.17, 15) is 14.9 Å². The van der Waals surface area contributed by atoms with Gasteiger partial charge in [-0.15, -0.1) is 11.8 Å². The Morgan fingerprint density at radius 3 is 2.36 bits per heavy atom. The highest BCUT2D eigenvalue weighted by atomic mass is 32.2. The van der Waals surface area contributed by atoms with Gasteiger partial charge in [-0.1, -0.05) is 0 Å². The van der Waals surface area contributed by atoms with E-state index >= 15 is 0 Å². The third kappa shape index (κ3) is 5.19. The Kier molecular flexibility index (Phi) is 6.84. The minimum Gasteiger partial charge on any atom is -0.342 e. The molecule has 25 heavy (non-hydrogen) atoms. The average Bonchev–Trinajstić information content (AvgIpc) is 2.60. The van der Waals surface area contributed by atoms with Gasteiger partial charge in [0.05, 0.1) is 10.2 Å². The van der Waals surface area contributed by atoms with Crippen molar-refractivity contribution in [1.82, 2.24) is 9.80 Å². The molecule has 0 N–H and O–H groups in total. The van der Waals surface area contributed by atoms with Crippen LogP contribution >= 0.6 is 11.8 Å². The molecule has 0 aromatic heterocycles. The van der Waals surface area contributed by atoms with Crippen LogP contribution in [-0.4, -0.2) is 59.1 Å². The first-order valence-electron chi connectivity index (χ1n) is 8.66. The summed E-state index contributed by atoms with van der Waals surface area (Å²) in [6.07, 6.45) is 2.25. The van der Waals surface area contributed by atoms with Crippen LogP contribution in [0.25, 0.3) is 0 Å². The van der Waals surface area contributed by atoms with Gasteiger partial charge in [0.1, 0.15) is 0 Å². The van der Waals surface area contributed by atoms with Crippen molar-refractivity contribution in [2.75, 3.05) is 27.2 Å². The van der Waals surface area contributed by atoms with E-state index in [0.717, 1.165) is 30.8 Å². The quantitative estimate of drug-likeness (QED) is 0.440. The summed E-state index contributed by atoms with van der Waals surface area (Å²) in [6, 6.07) is 6.58. The lowest BCUT2D eigenvalue weighted by molar-refractivity contribution is -0.384. The van der Waals surface area contributed by atoms with E-state index in [1.165, 1.54) is 23.9 Å². The smallest absolute Gasteiger partial charge is 0.269 e. The van der Waals surface area contributed by atoms with Crippen LogP contribution in [0, 0.1) is 16.0 Å². The number of non-ortho nitro benzene ring substituents is 1. The Labute approximate surface area is 153 Å². The number of rotatable bonds is 6. The lowest BCUT2D eigenvalue weighted by Gasteiger charge is -2.37. The summed E-state index contributed by atoms with van der Waals surface area (Å²) in [5.41, 5.74) is 0.0661.